The lowest BCUT2D eigenvalue weighted by Gasteiger charge is -2.13. The van der Waals surface area contributed by atoms with E-state index in [2.05, 4.69) is 59.0 Å². The van der Waals surface area contributed by atoms with Gasteiger partial charge in [0.1, 0.15) is 5.82 Å². The van der Waals surface area contributed by atoms with Gasteiger partial charge in [0.25, 0.3) is 5.91 Å². The van der Waals surface area contributed by atoms with Crippen molar-refractivity contribution < 1.29 is 4.79 Å². The van der Waals surface area contributed by atoms with Gasteiger partial charge in [0.05, 0.1) is 23.1 Å². The normalized spacial score (nSPS) is 12.1. The maximum absolute atomic E-state index is 12.4. The number of benzene rings is 2. The Morgan fingerprint density at radius 1 is 1.07 bits per heavy atom. The van der Waals surface area contributed by atoms with Crippen LogP contribution in [0.25, 0.3) is 11.0 Å². The molecule has 4 aromatic rings. The van der Waals surface area contributed by atoms with Crippen molar-refractivity contribution in [3.63, 3.8) is 0 Å². The average Bonchev–Trinajstić information content (AvgIpc) is 3.15. The van der Waals surface area contributed by atoms with Crippen molar-refractivity contribution in [3.8, 4) is 0 Å². The third-order valence-electron chi connectivity index (χ3n) is 5.57. The van der Waals surface area contributed by atoms with Crippen LogP contribution in [0.1, 0.15) is 53.5 Å². The molecule has 2 aromatic heterocycles. The Labute approximate surface area is 176 Å². The number of hydrogen-bond donors (Lipinski definition) is 1. The largest absolute Gasteiger partial charge is 0.345 e. The highest BCUT2D eigenvalue weighted by atomic mass is 16.1. The summed E-state index contributed by atoms with van der Waals surface area (Å²) in [7, 11) is 0. The topological polar surface area (TPSA) is 59.8 Å². The SMILES string of the molecule is CCC(C)c1ccc(Cn2c(CNC(=O)c3cccnc3)nc3ccccc32)cc1. The van der Waals surface area contributed by atoms with E-state index in [0.717, 1.165) is 23.3 Å². The number of carbonyl (C=O) groups excluding carboxylic acids is 1. The molecule has 5 nitrogen and oxygen atoms in total. The van der Waals surface area contributed by atoms with Gasteiger partial charge < -0.3 is 9.88 Å². The molecule has 5 heteroatoms. The summed E-state index contributed by atoms with van der Waals surface area (Å²) in [6, 6.07) is 20.4. The van der Waals surface area contributed by atoms with Gasteiger partial charge in [-0.15, -0.1) is 0 Å². The highest BCUT2D eigenvalue weighted by molar-refractivity contribution is 5.93. The van der Waals surface area contributed by atoms with Crippen LogP contribution in [-0.2, 0) is 13.1 Å². The summed E-state index contributed by atoms with van der Waals surface area (Å²) < 4.78 is 2.18. The van der Waals surface area contributed by atoms with E-state index in [1.165, 1.54) is 11.1 Å². The first-order valence-corrected chi connectivity index (χ1v) is 10.4. The van der Waals surface area contributed by atoms with Crippen molar-refractivity contribution in [2.75, 3.05) is 0 Å². The number of fused-ring (bicyclic) bond motifs is 1. The van der Waals surface area contributed by atoms with Crippen molar-refractivity contribution in [2.45, 2.75) is 39.3 Å². The van der Waals surface area contributed by atoms with E-state index in [0.29, 0.717) is 24.6 Å². The Morgan fingerprint density at radius 3 is 2.60 bits per heavy atom. The quantitative estimate of drug-likeness (QED) is 0.480. The Morgan fingerprint density at radius 2 is 1.87 bits per heavy atom. The summed E-state index contributed by atoms with van der Waals surface area (Å²) in [6.45, 7) is 5.52. The molecule has 2 aromatic carbocycles. The summed E-state index contributed by atoms with van der Waals surface area (Å²) in [5.74, 6) is 1.24. The minimum Gasteiger partial charge on any atom is -0.345 e. The second kappa shape index (κ2) is 8.91. The highest BCUT2D eigenvalue weighted by Gasteiger charge is 2.13. The van der Waals surface area contributed by atoms with Crippen molar-refractivity contribution in [3.05, 3.63) is 95.6 Å². The van der Waals surface area contributed by atoms with Crippen molar-refractivity contribution in [1.82, 2.24) is 19.9 Å². The molecule has 1 amide bonds. The first-order chi connectivity index (χ1) is 14.7. The molecule has 1 N–H and O–H groups in total. The van der Waals surface area contributed by atoms with Crippen molar-refractivity contribution in [1.29, 1.82) is 0 Å². The maximum Gasteiger partial charge on any atom is 0.253 e. The molecule has 1 unspecified atom stereocenters. The van der Waals surface area contributed by atoms with Gasteiger partial charge in [-0.1, -0.05) is 50.2 Å². The minimum absolute atomic E-state index is 0.153. The van der Waals surface area contributed by atoms with E-state index < -0.39 is 0 Å². The lowest BCUT2D eigenvalue weighted by atomic mass is 9.98. The fraction of sp³-hybridized carbons (Fsp3) is 0.240. The van der Waals surface area contributed by atoms with Gasteiger partial charge in [0.2, 0.25) is 0 Å². The van der Waals surface area contributed by atoms with E-state index in [9.17, 15) is 4.79 Å². The number of nitrogens with zero attached hydrogens (tertiary/aromatic N) is 3. The molecule has 4 rings (SSSR count). The summed E-state index contributed by atoms with van der Waals surface area (Å²) >= 11 is 0. The van der Waals surface area contributed by atoms with Crippen LogP contribution in [0.15, 0.2) is 73.1 Å². The molecule has 0 radical (unpaired) electrons. The molecule has 0 spiro atoms. The molecule has 0 saturated heterocycles. The number of imidazole rings is 1. The number of rotatable bonds is 7. The third kappa shape index (κ3) is 4.25. The zero-order chi connectivity index (χ0) is 20.9. The van der Waals surface area contributed by atoms with E-state index >= 15 is 0 Å². The maximum atomic E-state index is 12.4. The molecule has 0 aliphatic heterocycles. The molecule has 0 aliphatic carbocycles. The third-order valence-corrected chi connectivity index (χ3v) is 5.57. The van der Waals surface area contributed by atoms with Crippen LogP contribution in [0, 0.1) is 0 Å². The Bertz CT molecular complexity index is 1130. The zero-order valence-electron chi connectivity index (χ0n) is 17.4. The van der Waals surface area contributed by atoms with Crippen LogP contribution in [0.5, 0.6) is 0 Å². The van der Waals surface area contributed by atoms with E-state index in [-0.39, 0.29) is 5.91 Å². The molecule has 152 valence electrons. The summed E-state index contributed by atoms with van der Waals surface area (Å²) in [5, 5.41) is 2.97. The molecule has 0 bridgehead atoms. The first-order valence-electron chi connectivity index (χ1n) is 10.4. The number of nitrogens with one attached hydrogen (secondary N) is 1. The molecule has 2 heterocycles. The van der Waals surface area contributed by atoms with Crippen molar-refractivity contribution in [2.24, 2.45) is 0 Å². The van der Waals surface area contributed by atoms with E-state index in [1.54, 1.807) is 24.5 Å². The predicted molar refractivity (Wildman–Crippen MR) is 119 cm³/mol. The summed E-state index contributed by atoms with van der Waals surface area (Å²) in [4.78, 5) is 21.2. The summed E-state index contributed by atoms with van der Waals surface area (Å²) in [6.07, 6.45) is 4.35. The lowest BCUT2D eigenvalue weighted by molar-refractivity contribution is 0.0949. The summed E-state index contributed by atoms with van der Waals surface area (Å²) in [5.41, 5.74) is 5.11. The number of pyridine rings is 1. The number of amides is 1. The highest BCUT2D eigenvalue weighted by Crippen LogP contribution is 2.21. The second-order valence-electron chi connectivity index (χ2n) is 7.58. The number of para-hydroxylation sites is 2. The van der Waals surface area contributed by atoms with Crippen LogP contribution in [0.2, 0.25) is 0 Å². The van der Waals surface area contributed by atoms with E-state index in [1.807, 2.05) is 18.2 Å². The van der Waals surface area contributed by atoms with Gasteiger partial charge in [-0.25, -0.2) is 4.98 Å². The second-order valence-corrected chi connectivity index (χ2v) is 7.58. The fourth-order valence-corrected chi connectivity index (χ4v) is 3.57. The van der Waals surface area contributed by atoms with Gasteiger partial charge in [-0.2, -0.15) is 0 Å². The molecule has 1 atom stereocenters. The van der Waals surface area contributed by atoms with Crippen LogP contribution in [0.3, 0.4) is 0 Å². The number of hydrogen-bond acceptors (Lipinski definition) is 3. The van der Waals surface area contributed by atoms with Crippen LogP contribution in [0.4, 0.5) is 0 Å². The predicted octanol–water partition coefficient (Wildman–Crippen LogP) is 4.92. The molecule has 0 fully saturated rings. The Kier molecular flexibility index (Phi) is 5.89. The van der Waals surface area contributed by atoms with Gasteiger partial charge in [-0.3, -0.25) is 9.78 Å². The molecule has 0 aliphatic rings. The Balaban J connectivity index is 1.58. The Hall–Kier alpha value is -3.47. The molecule has 0 saturated carbocycles. The van der Waals surface area contributed by atoms with Gasteiger partial charge in [0, 0.05) is 18.9 Å². The molecular weight excluding hydrogens is 372 g/mol. The molecular formula is C25H26N4O. The number of aromatic nitrogens is 3. The van der Waals surface area contributed by atoms with Gasteiger partial charge in [0.15, 0.2) is 0 Å². The monoisotopic (exact) mass is 398 g/mol. The van der Waals surface area contributed by atoms with Crippen molar-refractivity contribution >= 4 is 16.9 Å². The minimum atomic E-state index is -0.153. The van der Waals surface area contributed by atoms with Crippen LogP contribution < -0.4 is 5.32 Å². The standard InChI is InChI=1S/C25H26N4O/c1-3-18(2)20-12-10-19(11-13-20)17-29-23-9-5-4-8-22(23)28-24(29)16-27-25(30)21-7-6-14-26-15-21/h4-15,18H,3,16-17H2,1-2H3,(H,27,30). The smallest absolute Gasteiger partial charge is 0.253 e. The van der Waals surface area contributed by atoms with Crippen LogP contribution in [-0.4, -0.2) is 20.4 Å². The van der Waals surface area contributed by atoms with E-state index in [4.69, 9.17) is 4.98 Å². The first kappa shape index (κ1) is 19.8. The molecule has 30 heavy (non-hydrogen) atoms. The lowest BCUT2D eigenvalue weighted by Crippen LogP contribution is -2.25. The average molecular weight is 399 g/mol. The van der Waals surface area contributed by atoms with Gasteiger partial charge >= 0.3 is 0 Å². The zero-order valence-corrected chi connectivity index (χ0v) is 17.4. The fourth-order valence-electron chi connectivity index (χ4n) is 3.57. The van der Waals surface area contributed by atoms with Gasteiger partial charge in [-0.05, 0) is 47.7 Å². The number of carbonyl (C=O) groups is 1. The van der Waals surface area contributed by atoms with Crippen LogP contribution >= 0.6 is 0 Å².